The Bertz CT molecular complexity index is 568. The van der Waals surface area contributed by atoms with Crippen molar-refractivity contribution in [2.45, 2.75) is 30.6 Å². The molecular weight excluding hydrogens is 260 g/mol. The fourth-order valence-corrected chi connectivity index (χ4v) is 3.32. The van der Waals surface area contributed by atoms with Crippen LogP contribution in [0.15, 0.2) is 6.33 Å². The van der Waals surface area contributed by atoms with Gasteiger partial charge in [-0.25, -0.2) is 4.98 Å². The van der Waals surface area contributed by atoms with Crippen molar-refractivity contribution in [2.75, 3.05) is 23.9 Å². The van der Waals surface area contributed by atoms with E-state index in [1.807, 2.05) is 18.8 Å². The van der Waals surface area contributed by atoms with Crippen LogP contribution in [-0.4, -0.2) is 44.5 Å². The van der Waals surface area contributed by atoms with E-state index in [0.717, 1.165) is 16.6 Å². The molecule has 0 bridgehead atoms. The zero-order chi connectivity index (χ0) is 13.2. The van der Waals surface area contributed by atoms with E-state index in [9.17, 15) is 0 Å². The summed E-state index contributed by atoms with van der Waals surface area (Å²) >= 11 is 1.95. The number of fused-ring (bicyclic) bond motifs is 1. The number of anilines is 2. The smallest absolute Gasteiger partial charge is 0.226 e. The number of rotatable bonds is 4. The number of H-pyrrole nitrogens is 1. The monoisotopic (exact) mass is 278 g/mol. The first-order valence-corrected chi connectivity index (χ1v) is 7.77. The summed E-state index contributed by atoms with van der Waals surface area (Å²) in [4.78, 5) is 16.1. The first-order chi connectivity index (χ1) is 9.30. The van der Waals surface area contributed by atoms with Gasteiger partial charge in [0.15, 0.2) is 11.5 Å². The van der Waals surface area contributed by atoms with Crippen LogP contribution in [0.25, 0.3) is 11.2 Å². The maximum atomic E-state index is 4.49. The molecule has 0 radical (unpaired) electrons. The second kappa shape index (κ2) is 5.24. The molecule has 2 heterocycles. The van der Waals surface area contributed by atoms with Gasteiger partial charge in [0, 0.05) is 18.3 Å². The van der Waals surface area contributed by atoms with Gasteiger partial charge < -0.3 is 15.6 Å². The molecule has 19 heavy (non-hydrogen) atoms. The highest BCUT2D eigenvalue weighted by Gasteiger charge is 2.25. The molecule has 3 rings (SSSR count). The molecule has 0 saturated heterocycles. The predicted octanol–water partition coefficient (Wildman–Crippen LogP) is 2.09. The second-order valence-corrected chi connectivity index (χ2v) is 5.90. The van der Waals surface area contributed by atoms with Crippen LogP contribution in [-0.2, 0) is 0 Å². The van der Waals surface area contributed by atoms with Crippen LogP contribution < -0.4 is 10.6 Å². The van der Waals surface area contributed by atoms with Gasteiger partial charge in [-0.1, -0.05) is 0 Å². The van der Waals surface area contributed by atoms with Crippen LogP contribution in [0.3, 0.4) is 0 Å². The molecule has 1 aliphatic rings. The highest BCUT2D eigenvalue weighted by atomic mass is 32.2. The van der Waals surface area contributed by atoms with Gasteiger partial charge in [0.1, 0.15) is 5.52 Å². The Kier molecular flexibility index (Phi) is 3.46. The molecular formula is C12H18N6S. The lowest BCUT2D eigenvalue weighted by molar-refractivity contribution is 0.753. The molecule has 1 fully saturated rings. The zero-order valence-corrected chi connectivity index (χ0v) is 11.9. The van der Waals surface area contributed by atoms with Crippen molar-refractivity contribution in [3.8, 4) is 0 Å². The number of thioether (sulfide) groups is 1. The van der Waals surface area contributed by atoms with E-state index >= 15 is 0 Å². The molecule has 0 amide bonds. The van der Waals surface area contributed by atoms with E-state index in [1.54, 1.807) is 6.33 Å². The highest BCUT2D eigenvalue weighted by molar-refractivity contribution is 7.99. The highest BCUT2D eigenvalue weighted by Crippen LogP contribution is 2.31. The van der Waals surface area contributed by atoms with Crippen LogP contribution in [0.2, 0.25) is 0 Å². The molecule has 0 aromatic carbocycles. The fraction of sp³-hybridized carbons (Fsp3) is 0.583. The lowest BCUT2D eigenvalue weighted by Gasteiger charge is -2.14. The molecule has 2 unspecified atom stereocenters. The van der Waals surface area contributed by atoms with Crippen LogP contribution in [0.4, 0.5) is 11.8 Å². The van der Waals surface area contributed by atoms with Crippen molar-refractivity contribution >= 4 is 34.7 Å². The summed E-state index contributed by atoms with van der Waals surface area (Å²) < 4.78 is 0. The summed E-state index contributed by atoms with van der Waals surface area (Å²) in [5.74, 6) is 1.44. The molecule has 2 aromatic rings. The Morgan fingerprint density at radius 2 is 2.26 bits per heavy atom. The van der Waals surface area contributed by atoms with Crippen molar-refractivity contribution in [3.63, 3.8) is 0 Å². The summed E-state index contributed by atoms with van der Waals surface area (Å²) in [6.45, 7) is 0. The molecule has 1 saturated carbocycles. The summed E-state index contributed by atoms with van der Waals surface area (Å²) in [7, 11) is 1.82. The second-order valence-electron chi connectivity index (χ2n) is 4.76. The molecule has 2 atom stereocenters. The average molecular weight is 278 g/mol. The lowest BCUT2D eigenvalue weighted by atomic mass is 10.2. The Morgan fingerprint density at radius 1 is 1.37 bits per heavy atom. The van der Waals surface area contributed by atoms with E-state index in [-0.39, 0.29) is 0 Å². The number of imidazole rings is 1. The molecule has 102 valence electrons. The molecule has 1 aliphatic carbocycles. The molecule has 7 heteroatoms. The first kappa shape index (κ1) is 12.5. The van der Waals surface area contributed by atoms with Crippen LogP contribution in [0, 0.1) is 0 Å². The third-order valence-electron chi connectivity index (χ3n) is 3.57. The molecule has 2 aromatic heterocycles. The number of hydrogen-bond donors (Lipinski definition) is 3. The third-order valence-corrected chi connectivity index (χ3v) is 4.66. The maximum absolute atomic E-state index is 4.49. The van der Waals surface area contributed by atoms with Crippen LogP contribution >= 0.6 is 11.8 Å². The van der Waals surface area contributed by atoms with Gasteiger partial charge in [-0.3, -0.25) is 0 Å². The number of hydrogen-bond acceptors (Lipinski definition) is 6. The SMILES string of the molecule is CNc1nc(NC2CCC(SC)C2)c2[nH]cnc2n1. The third kappa shape index (κ3) is 2.47. The summed E-state index contributed by atoms with van der Waals surface area (Å²) in [6, 6.07) is 0.489. The maximum Gasteiger partial charge on any atom is 0.226 e. The summed E-state index contributed by atoms with van der Waals surface area (Å²) in [5, 5.41) is 7.27. The van der Waals surface area contributed by atoms with Gasteiger partial charge in [0.2, 0.25) is 5.95 Å². The topological polar surface area (TPSA) is 78.5 Å². The van der Waals surface area contributed by atoms with E-state index in [0.29, 0.717) is 17.6 Å². The van der Waals surface area contributed by atoms with E-state index < -0.39 is 0 Å². The number of aromatic nitrogens is 4. The Hall–Kier alpha value is -1.50. The van der Waals surface area contributed by atoms with Crippen molar-refractivity contribution in [3.05, 3.63) is 6.33 Å². The average Bonchev–Trinajstić information content (AvgIpc) is 3.06. The minimum absolute atomic E-state index is 0.489. The normalized spacial score (nSPS) is 22.8. The van der Waals surface area contributed by atoms with Gasteiger partial charge in [0.05, 0.1) is 6.33 Å². The van der Waals surface area contributed by atoms with Gasteiger partial charge in [-0.15, -0.1) is 0 Å². The van der Waals surface area contributed by atoms with E-state index in [2.05, 4.69) is 36.8 Å². The van der Waals surface area contributed by atoms with Crippen LogP contribution in [0.5, 0.6) is 0 Å². The van der Waals surface area contributed by atoms with Gasteiger partial charge in [-0.2, -0.15) is 21.7 Å². The predicted molar refractivity (Wildman–Crippen MR) is 79.8 cm³/mol. The van der Waals surface area contributed by atoms with Crippen molar-refractivity contribution in [2.24, 2.45) is 0 Å². The Morgan fingerprint density at radius 3 is 3.00 bits per heavy atom. The van der Waals surface area contributed by atoms with Crippen molar-refractivity contribution in [1.29, 1.82) is 0 Å². The fourth-order valence-electron chi connectivity index (χ4n) is 2.53. The van der Waals surface area contributed by atoms with Crippen molar-refractivity contribution < 1.29 is 0 Å². The number of nitrogens with zero attached hydrogens (tertiary/aromatic N) is 3. The molecule has 0 spiro atoms. The number of aromatic amines is 1. The lowest BCUT2D eigenvalue weighted by Crippen LogP contribution is -2.17. The van der Waals surface area contributed by atoms with Crippen molar-refractivity contribution in [1.82, 2.24) is 19.9 Å². The van der Waals surface area contributed by atoms with Crippen LogP contribution in [0.1, 0.15) is 19.3 Å². The Balaban J connectivity index is 1.85. The van der Waals surface area contributed by atoms with E-state index in [1.165, 1.54) is 19.3 Å². The van der Waals surface area contributed by atoms with Gasteiger partial charge in [0.25, 0.3) is 0 Å². The molecule has 0 aliphatic heterocycles. The number of nitrogens with one attached hydrogen (secondary N) is 3. The summed E-state index contributed by atoms with van der Waals surface area (Å²) in [6.07, 6.45) is 7.50. The zero-order valence-electron chi connectivity index (χ0n) is 11.1. The van der Waals surface area contributed by atoms with Gasteiger partial charge in [-0.05, 0) is 25.5 Å². The van der Waals surface area contributed by atoms with Gasteiger partial charge >= 0.3 is 0 Å². The van der Waals surface area contributed by atoms with E-state index in [4.69, 9.17) is 0 Å². The Labute approximate surface area is 116 Å². The minimum atomic E-state index is 0.489. The molecule has 3 N–H and O–H groups in total. The quantitative estimate of drug-likeness (QED) is 0.795. The minimum Gasteiger partial charge on any atom is -0.365 e. The molecule has 6 nitrogen and oxygen atoms in total. The summed E-state index contributed by atoms with van der Waals surface area (Å²) in [5.41, 5.74) is 1.58. The largest absolute Gasteiger partial charge is 0.365 e. The first-order valence-electron chi connectivity index (χ1n) is 6.48. The standard InChI is InChI=1S/C12H18N6S/c1-13-12-17-10-9(14-6-15-10)11(18-12)16-7-3-4-8(5-7)19-2/h6-8H,3-5H2,1-2H3,(H3,13,14,15,16,17,18).